The van der Waals surface area contributed by atoms with Gasteiger partial charge in [-0.2, -0.15) is 0 Å². The molecule has 2 N–H and O–H groups in total. The number of carbonyl (C=O) groups is 3. The van der Waals surface area contributed by atoms with Gasteiger partial charge in [-0.3, -0.25) is 14.5 Å². The molecule has 1 aromatic carbocycles. The lowest BCUT2D eigenvalue weighted by Crippen LogP contribution is -2.45. The third kappa shape index (κ3) is 3.58. The fourth-order valence-electron chi connectivity index (χ4n) is 2.83. The van der Waals surface area contributed by atoms with E-state index in [1.165, 1.54) is 0 Å². The van der Waals surface area contributed by atoms with Crippen LogP contribution in [-0.4, -0.2) is 35.8 Å². The van der Waals surface area contributed by atoms with Crippen molar-refractivity contribution in [2.75, 3.05) is 13.1 Å². The molecule has 1 fully saturated rings. The van der Waals surface area contributed by atoms with Crippen molar-refractivity contribution in [1.82, 2.24) is 15.5 Å². The molecule has 1 heterocycles. The Morgan fingerprint density at radius 2 is 1.92 bits per heavy atom. The predicted molar refractivity (Wildman–Crippen MR) is 91.1 cm³/mol. The lowest BCUT2D eigenvalue weighted by Gasteiger charge is -2.25. The van der Waals surface area contributed by atoms with Crippen molar-refractivity contribution in [2.45, 2.75) is 39.2 Å². The first-order valence-electron chi connectivity index (χ1n) is 8.37. The van der Waals surface area contributed by atoms with Crippen molar-refractivity contribution in [3.63, 3.8) is 0 Å². The van der Waals surface area contributed by atoms with Crippen LogP contribution < -0.4 is 10.6 Å². The Hall–Kier alpha value is -2.37. The van der Waals surface area contributed by atoms with E-state index < -0.39 is 11.6 Å². The number of amides is 4. The predicted octanol–water partition coefficient (Wildman–Crippen LogP) is 2.01. The van der Waals surface area contributed by atoms with Gasteiger partial charge >= 0.3 is 6.03 Å². The molecule has 1 atom stereocenters. The summed E-state index contributed by atoms with van der Waals surface area (Å²) in [4.78, 5) is 38.1. The van der Waals surface area contributed by atoms with E-state index in [0.29, 0.717) is 18.9 Å². The van der Waals surface area contributed by atoms with Crippen LogP contribution in [0.15, 0.2) is 30.3 Å². The largest absolute Gasteiger partial charge is 0.355 e. The van der Waals surface area contributed by atoms with E-state index in [2.05, 4.69) is 24.5 Å². The molecule has 0 saturated carbocycles. The third-order valence-corrected chi connectivity index (χ3v) is 4.32. The highest BCUT2D eigenvalue weighted by atomic mass is 16.2. The quantitative estimate of drug-likeness (QED) is 0.750. The normalized spacial score (nSPS) is 20.4. The number of urea groups is 1. The number of hydrogen-bond acceptors (Lipinski definition) is 3. The molecule has 1 aromatic rings. The fraction of sp³-hybridized carbons (Fsp3) is 0.500. The number of nitrogens with zero attached hydrogens (tertiary/aromatic N) is 1. The van der Waals surface area contributed by atoms with Gasteiger partial charge in [-0.05, 0) is 24.3 Å². The Morgan fingerprint density at radius 1 is 1.25 bits per heavy atom. The molecule has 0 unspecified atom stereocenters. The Kier molecular flexibility index (Phi) is 5.59. The van der Waals surface area contributed by atoms with Gasteiger partial charge in [-0.25, -0.2) is 4.79 Å². The lowest BCUT2D eigenvalue weighted by molar-refractivity contribution is -0.135. The van der Waals surface area contributed by atoms with Crippen LogP contribution in [0.1, 0.15) is 39.2 Å². The first kappa shape index (κ1) is 18.0. The van der Waals surface area contributed by atoms with Gasteiger partial charge in [0.2, 0.25) is 5.91 Å². The molecule has 0 aromatic heterocycles. The third-order valence-electron chi connectivity index (χ3n) is 4.32. The van der Waals surface area contributed by atoms with Crippen molar-refractivity contribution in [2.24, 2.45) is 5.92 Å². The molecule has 130 valence electrons. The van der Waals surface area contributed by atoms with Crippen LogP contribution in [0, 0.1) is 5.92 Å². The molecular weight excluding hydrogens is 306 g/mol. The molecule has 1 aliphatic heterocycles. The van der Waals surface area contributed by atoms with Crippen LogP contribution in [-0.2, 0) is 15.1 Å². The Bertz CT molecular complexity index is 615. The summed E-state index contributed by atoms with van der Waals surface area (Å²) in [5.41, 5.74) is -0.357. The summed E-state index contributed by atoms with van der Waals surface area (Å²) in [7, 11) is 0. The zero-order valence-electron chi connectivity index (χ0n) is 14.5. The van der Waals surface area contributed by atoms with Crippen molar-refractivity contribution in [1.29, 1.82) is 0 Å². The average molecular weight is 331 g/mol. The van der Waals surface area contributed by atoms with Gasteiger partial charge in [0.05, 0.1) is 0 Å². The average Bonchev–Trinajstić information content (AvgIpc) is 2.80. The zero-order chi connectivity index (χ0) is 17.7. The first-order valence-corrected chi connectivity index (χ1v) is 8.37. The minimum Gasteiger partial charge on any atom is -0.355 e. The van der Waals surface area contributed by atoms with Crippen molar-refractivity contribution >= 4 is 17.8 Å². The fourth-order valence-corrected chi connectivity index (χ4v) is 2.83. The van der Waals surface area contributed by atoms with Crippen molar-refractivity contribution < 1.29 is 14.4 Å². The molecule has 0 radical (unpaired) electrons. The summed E-state index contributed by atoms with van der Waals surface area (Å²) in [6, 6.07) is 8.61. The molecule has 2 rings (SSSR count). The number of benzene rings is 1. The van der Waals surface area contributed by atoms with Crippen molar-refractivity contribution in [3.05, 3.63) is 35.9 Å². The summed E-state index contributed by atoms with van der Waals surface area (Å²) in [5.74, 6) is -0.216. The van der Waals surface area contributed by atoms with Crippen LogP contribution in [0.3, 0.4) is 0 Å². The molecule has 1 saturated heterocycles. The highest BCUT2D eigenvalue weighted by Gasteiger charge is 2.51. The molecule has 24 heavy (non-hydrogen) atoms. The van der Waals surface area contributed by atoms with Crippen LogP contribution in [0.25, 0.3) is 0 Å². The molecule has 6 heteroatoms. The zero-order valence-corrected chi connectivity index (χ0v) is 14.5. The Labute approximate surface area is 142 Å². The second-order valence-electron chi connectivity index (χ2n) is 6.48. The van der Waals surface area contributed by atoms with Gasteiger partial charge in [0, 0.05) is 6.54 Å². The van der Waals surface area contributed by atoms with Gasteiger partial charge < -0.3 is 10.6 Å². The van der Waals surface area contributed by atoms with Crippen LogP contribution in [0.5, 0.6) is 0 Å². The van der Waals surface area contributed by atoms with E-state index in [9.17, 15) is 14.4 Å². The standard InChI is InChI=1S/C18H25N3O3/c1-4-18(14-8-6-5-7-9-14)16(23)21(17(24)20-18)12-15(22)19-11-10-13(2)3/h5-9,13H,4,10-12H2,1-3H3,(H,19,22)(H,20,24)/t18-/m0/s1. The van der Waals surface area contributed by atoms with Gasteiger partial charge in [0.25, 0.3) is 5.91 Å². The molecule has 6 nitrogen and oxygen atoms in total. The molecule has 4 amide bonds. The lowest BCUT2D eigenvalue weighted by atomic mass is 9.87. The maximum atomic E-state index is 12.8. The van der Waals surface area contributed by atoms with Gasteiger partial charge in [0.1, 0.15) is 12.1 Å². The second-order valence-corrected chi connectivity index (χ2v) is 6.48. The first-order chi connectivity index (χ1) is 11.4. The number of nitrogens with one attached hydrogen (secondary N) is 2. The maximum Gasteiger partial charge on any atom is 0.325 e. The van der Waals surface area contributed by atoms with Crippen molar-refractivity contribution in [3.8, 4) is 0 Å². The molecule has 0 spiro atoms. The molecular formula is C18H25N3O3. The van der Waals surface area contributed by atoms with Gasteiger partial charge in [0.15, 0.2) is 0 Å². The monoisotopic (exact) mass is 331 g/mol. The van der Waals surface area contributed by atoms with E-state index in [4.69, 9.17) is 0 Å². The van der Waals surface area contributed by atoms with E-state index in [0.717, 1.165) is 16.9 Å². The van der Waals surface area contributed by atoms with Crippen LogP contribution in [0.4, 0.5) is 4.79 Å². The summed E-state index contributed by atoms with van der Waals surface area (Å²) < 4.78 is 0. The highest BCUT2D eigenvalue weighted by Crippen LogP contribution is 2.32. The minimum absolute atomic E-state index is 0.253. The molecule has 0 bridgehead atoms. The number of carbonyl (C=O) groups excluding carboxylic acids is 3. The van der Waals surface area contributed by atoms with Crippen LogP contribution >= 0.6 is 0 Å². The van der Waals surface area contributed by atoms with Crippen LogP contribution in [0.2, 0.25) is 0 Å². The number of imide groups is 1. The molecule has 1 aliphatic rings. The maximum absolute atomic E-state index is 12.8. The topological polar surface area (TPSA) is 78.5 Å². The van der Waals surface area contributed by atoms with E-state index in [1.54, 1.807) is 0 Å². The second kappa shape index (κ2) is 7.47. The van der Waals surface area contributed by atoms with Gasteiger partial charge in [-0.1, -0.05) is 51.1 Å². The smallest absolute Gasteiger partial charge is 0.325 e. The molecule has 0 aliphatic carbocycles. The van der Waals surface area contributed by atoms with E-state index >= 15 is 0 Å². The SMILES string of the molecule is CC[C@@]1(c2ccccc2)NC(=O)N(CC(=O)NCCC(C)C)C1=O. The summed E-state index contributed by atoms with van der Waals surface area (Å²) in [5, 5.41) is 5.52. The Morgan fingerprint density at radius 3 is 2.50 bits per heavy atom. The van der Waals surface area contributed by atoms with E-state index in [-0.39, 0.29) is 18.4 Å². The van der Waals surface area contributed by atoms with E-state index in [1.807, 2.05) is 37.3 Å². The highest BCUT2D eigenvalue weighted by molar-refractivity contribution is 6.09. The summed E-state index contributed by atoms with van der Waals surface area (Å²) in [6.07, 6.45) is 1.28. The number of rotatable bonds is 7. The number of hydrogen-bond donors (Lipinski definition) is 2. The van der Waals surface area contributed by atoms with Gasteiger partial charge in [-0.15, -0.1) is 0 Å². The minimum atomic E-state index is -1.09. The summed E-state index contributed by atoms with van der Waals surface area (Å²) in [6.45, 7) is 6.27. The summed E-state index contributed by atoms with van der Waals surface area (Å²) >= 11 is 0. The Balaban J connectivity index is 2.09.